The molecule has 1 aromatic heterocycles. The predicted octanol–water partition coefficient (Wildman–Crippen LogP) is 3.39. The standard InChI is InChI=1S/C15H19F2N3O/c1-3-8-18-12(4-2)15-20-19-13(21-15)9-10-6-5-7-11(16)14(10)17/h5-7,12,18H,3-4,8-9H2,1-2H3. The number of nitrogens with zero attached hydrogens (tertiary/aromatic N) is 2. The second kappa shape index (κ2) is 7.26. The largest absolute Gasteiger partial charge is 0.423 e. The van der Waals surface area contributed by atoms with E-state index in [9.17, 15) is 8.78 Å². The van der Waals surface area contributed by atoms with Gasteiger partial charge in [0.2, 0.25) is 11.8 Å². The Morgan fingerprint density at radius 3 is 2.76 bits per heavy atom. The Morgan fingerprint density at radius 2 is 2.05 bits per heavy atom. The number of hydrogen-bond acceptors (Lipinski definition) is 4. The first-order valence-electron chi connectivity index (χ1n) is 7.14. The first-order valence-corrected chi connectivity index (χ1v) is 7.14. The van der Waals surface area contributed by atoms with Crippen molar-refractivity contribution in [1.29, 1.82) is 0 Å². The Bertz CT molecular complexity index is 586. The summed E-state index contributed by atoms with van der Waals surface area (Å²) in [5, 5.41) is 11.2. The Hall–Kier alpha value is -1.82. The first kappa shape index (κ1) is 15.6. The van der Waals surface area contributed by atoms with Crippen LogP contribution in [0.4, 0.5) is 8.78 Å². The molecule has 0 saturated carbocycles. The minimum Gasteiger partial charge on any atom is -0.423 e. The van der Waals surface area contributed by atoms with Gasteiger partial charge < -0.3 is 9.73 Å². The van der Waals surface area contributed by atoms with Crippen LogP contribution in [0.3, 0.4) is 0 Å². The maximum absolute atomic E-state index is 13.6. The summed E-state index contributed by atoms with van der Waals surface area (Å²) in [5.41, 5.74) is 0.208. The lowest BCUT2D eigenvalue weighted by atomic mass is 10.1. The van der Waals surface area contributed by atoms with Gasteiger partial charge in [0.25, 0.3) is 0 Å². The van der Waals surface area contributed by atoms with Crippen molar-refractivity contribution in [2.45, 2.75) is 39.2 Å². The highest BCUT2D eigenvalue weighted by molar-refractivity contribution is 5.21. The van der Waals surface area contributed by atoms with Crippen molar-refractivity contribution in [3.05, 3.63) is 47.2 Å². The summed E-state index contributed by atoms with van der Waals surface area (Å²) in [4.78, 5) is 0. The molecule has 2 aromatic rings. The number of rotatable bonds is 7. The zero-order valence-corrected chi connectivity index (χ0v) is 12.2. The molecule has 0 fully saturated rings. The van der Waals surface area contributed by atoms with Crippen molar-refractivity contribution in [3.63, 3.8) is 0 Å². The SMILES string of the molecule is CCCNC(CC)c1nnc(Cc2cccc(F)c2F)o1. The lowest BCUT2D eigenvalue weighted by Crippen LogP contribution is -2.21. The van der Waals surface area contributed by atoms with E-state index < -0.39 is 11.6 Å². The van der Waals surface area contributed by atoms with E-state index >= 15 is 0 Å². The molecule has 21 heavy (non-hydrogen) atoms. The van der Waals surface area contributed by atoms with Crippen LogP contribution in [0.2, 0.25) is 0 Å². The number of aromatic nitrogens is 2. The molecule has 1 aromatic carbocycles. The molecule has 1 N–H and O–H groups in total. The molecule has 0 aliphatic heterocycles. The predicted molar refractivity (Wildman–Crippen MR) is 74.8 cm³/mol. The Balaban J connectivity index is 2.10. The quantitative estimate of drug-likeness (QED) is 0.850. The third kappa shape index (κ3) is 3.85. The number of hydrogen-bond donors (Lipinski definition) is 1. The van der Waals surface area contributed by atoms with E-state index in [0.29, 0.717) is 5.89 Å². The molecule has 4 nitrogen and oxygen atoms in total. The van der Waals surface area contributed by atoms with Crippen LogP contribution in [0.5, 0.6) is 0 Å². The molecule has 6 heteroatoms. The minimum atomic E-state index is -0.872. The van der Waals surface area contributed by atoms with Gasteiger partial charge in [-0.3, -0.25) is 0 Å². The van der Waals surface area contributed by atoms with E-state index in [0.717, 1.165) is 25.5 Å². The van der Waals surface area contributed by atoms with Gasteiger partial charge >= 0.3 is 0 Å². The summed E-state index contributed by atoms with van der Waals surface area (Å²) in [6.45, 7) is 4.95. The fourth-order valence-corrected chi connectivity index (χ4v) is 2.05. The van der Waals surface area contributed by atoms with Gasteiger partial charge in [-0.1, -0.05) is 26.0 Å². The second-order valence-corrected chi connectivity index (χ2v) is 4.84. The van der Waals surface area contributed by atoms with Gasteiger partial charge in [0.05, 0.1) is 12.5 Å². The van der Waals surface area contributed by atoms with Gasteiger partial charge in [-0.05, 0) is 25.5 Å². The average molecular weight is 295 g/mol. The van der Waals surface area contributed by atoms with Crippen molar-refractivity contribution in [2.75, 3.05) is 6.54 Å². The van der Waals surface area contributed by atoms with Crippen molar-refractivity contribution in [2.24, 2.45) is 0 Å². The summed E-state index contributed by atoms with van der Waals surface area (Å²) < 4.78 is 32.3. The highest BCUT2D eigenvalue weighted by atomic mass is 19.2. The molecule has 1 unspecified atom stereocenters. The minimum absolute atomic E-state index is 0.0106. The van der Waals surface area contributed by atoms with Crippen LogP contribution in [-0.4, -0.2) is 16.7 Å². The van der Waals surface area contributed by atoms with Crippen LogP contribution in [0.1, 0.15) is 50.1 Å². The van der Waals surface area contributed by atoms with Crippen LogP contribution in [0, 0.1) is 11.6 Å². The van der Waals surface area contributed by atoms with Gasteiger partial charge in [-0.15, -0.1) is 10.2 Å². The van der Waals surface area contributed by atoms with Gasteiger partial charge in [0, 0.05) is 5.56 Å². The summed E-state index contributed by atoms with van der Waals surface area (Å²) >= 11 is 0. The van der Waals surface area contributed by atoms with Gasteiger partial charge in [0.15, 0.2) is 11.6 Å². The van der Waals surface area contributed by atoms with Crippen molar-refractivity contribution in [1.82, 2.24) is 15.5 Å². The third-order valence-corrected chi connectivity index (χ3v) is 3.20. The van der Waals surface area contributed by atoms with Gasteiger partial charge in [-0.25, -0.2) is 8.78 Å². The van der Waals surface area contributed by atoms with E-state index in [2.05, 4.69) is 22.4 Å². The van der Waals surface area contributed by atoms with E-state index in [-0.39, 0.29) is 23.9 Å². The van der Waals surface area contributed by atoms with E-state index in [4.69, 9.17) is 4.42 Å². The Labute approximate surface area is 122 Å². The maximum atomic E-state index is 13.6. The van der Waals surface area contributed by atoms with Crippen LogP contribution in [0.15, 0.2) is 22.6 Å². The molecule has 2 rings (SSSR count). The van der Waals surface area contributed by atoms with Crippen LogP contribution in [0.25, 0.3) is 0 Å². The summed E-state index contributed by atoms with van der Waals surface area (Å²) in [6.07, 6.45) is 1.91. The Morgan fingerprint density at radius 1 is 1.24 bits per heavy atom. The fourth-order valence-electron chi connectivity index (χ4n) is 2.05. The molecule has 0 spiro atoms. The normalized spacial score (nSPS) is 12.6. The van der Waals surface area contributed by atoms with Crippen molar-refractivity contribution in [3.8, 4) is 0 Å². The molecule has 0 aliphatic carbocycles. The van der Waals surface area contributed by atoms with E-state index in [1.165, 1.54) is 12.1 Å². The van der Waals surface area contributed by atoms with Gasteiger partial charge in [0.1, 0.15) is 0 Å². The average Bonchev–Trinajstić information content (AvgIpc) is 2.93. The maximum Gasteiger partial charge on any atom is 0.233 e. The molecule has 114 valence electrons. The van der Waals surface area contributed by atoms with Crippen molar-refractivity contribution < 1.29 is 13.2 Å². The molecule has 0 amide bonds. The van der Waals surface area contributed by atoms with Crippen LogP contribution >= 0.6 is 0 Å². The van der Waals surface area contributed by atoms with E-state index in [1.807, 2.05) is 6.92 Å². The molecule has 0 saturated heterocycles. The monoisotopic (exact) mass is 295 g/mol. The zero-order chi connectivity index (χ0) is 15.2. The highest BCUT2D eigenvalue weighted by Crippen LogP contribution is 2.19. The topological polar surface area (TPSA) is 51.0 Å². The third-order valence-electron chi connectivity index (χ3n) is 3.20. The first-order chi connectivity index (χ1) is 10.2. The second-order valence-electron chi connectivity index (χ2n) is 4.84. The summed E-state index contributed by atoms with van der Waals surface area (Å²) in [7, 11) is 0. The number of halogens is 2. The molecule has 1 heterocycles. The molecule has 0 bridgehead atoms. The molecule has 0 aliphatic rings. The highest BCUT2D eigenvalue weighted by Gasteiger charge is 2.17. The smallest absolute Gasteiger partial charge is 0.233 e. The Kier molecular flexibility index (Phi) is 5.38. The lowest BCUT2D eigenvalue weighted by Gasteiger charge is -2.11. The van der Waals surface area contributed by atoms with E-state index in [1.54, 1.807) is 0 Å². The summed E-state index contributed by atoms with van der Waals surface area (Å²) in [5.74, 6) is -0.972. The summed E-state index contributed by atoms with van der Waals surface area (Å²) in [6, 6.07) is 4.04. The molecule has 1 atom stereocenters. The number of benzene rings is 1. The zero-order valence-electron chi connectivity index (χ0n) is 12.2. The van der Waals surface area contributed by atoms with Crippen LogP contribution < -0.4 is 5.32 Å². The molecular formula is C15H19F2N3O. The molecular weight excluding hydrogens is 276 g/mol. The fraction of sp³-hybridized carbons (Fsp3) is 0.467. The van der Waals surface area contributed by atoms with Gasteiger partial charge in [-0.2, -0.15) is 0 Å². The number of nitrogens with one attached hydrogen (secondary N) is 1. The lowest BCUT2D eigenvalue weighted by molar-refractivity contribution is 0.374. The molecule has 0 radical (unpaired) electrons. The van der Waals surface area contributed by atoms with Crippen molar-refractivity contribution >= 4 is 0 Å². The van der Waals surface area contributed by atoms with Crippen LogP contribution in [-0.2, 0) is 6.42 Å².